The van der Waals surface area contributed by atoms with E-state index in [1.165, 1.54) is 48.8 Å². The molecular formula is C26H17N. The number of aromatic nitrogens is 1. The van der Waals surface area contributed by atoms with Gasteiger partial charge < -0.3 is 0 Å². The van der Waals surface area contributed by atoms with Gasteiger partial charge in [0.1, 0.15) is 0 Å². The molecule has 1 heterocycles. The van der Waals surface area contributed by atoms with Crippen molar-refractivity contribution in [3.8, 4) is 11.3 Å². The van der Waals surface area contributed by atoms with Crippen molar-refractivity contribution in [1.29, 1.82) is 0 Å². The third-order valence-corrected chi connectivity index (χ3v) is 5.73. The van der Waals surface area contributed by atoms with E-state index in [9.17, 15) is 0 Å². The van der Waals surface area contributed by atoms with Crippen molar-refractivity contribution in [3.05, 3.63) is 90.5 Å². The summed E-state index contributed by atoms with van der Waals surface area (Å²) >= 11 is 0. The highest BCUT2D eigenvalue weighted by atomic mass is 14.7. The summed E-state index contributed by atoms with van der Waals surface area (Å²) in [5.41, 5.74) is 4.57. The van der Waals surface area contributed by atoms with E-state index < -0.39 is 0 Å². The van der Waals surface area contributed by atoms with E-state index in [1.54, 1.807) is 0 Å². The zero-order valence-corrected chi connectivity index (χ0v) is 15.0. The van der Waals surface area contributed by atoms with Gasteiger partial charge in [-0.25, -0.2) is 4.98 Å². The first-order valence-electron chi connectivity index (χ1n) is 9.33. The molecule has 126 valence electrons. The number of nitrogens with zero attached hydrogens (tertiary/aromatic N) is 1. The van der Waals surface area contributed by atoms with Crippen LogP contribution in [0.1, 0.15) is 5.56 Å². The molecule has 0 unspecified atom stereocenters. The summed E-state index contributed by atoms with van der Waals surface area (Å²) in [4.78, 5) is 4.99. The number of fused-ring (bicyclic) bond motifs is 1. The Labute approximate surface area is 157 Å². The van der Waals surface area contributed by atoms with Crippen molar-refractivity contribution in [2.24, 2.45) is 0 Å². The Kier molecular flexibility index (Phi) is 2.87. The molecule has 1 nitrogen and oxygen atoms in total. The standard InChI is InChI=1S/C26H17N/c1-16-15-24(27-23-8-3-2-7-20(16)23)21-13-11-19-10-9-17-5-4-6-18-12-14-22(21)26(19)25(17)18/h2-15H,1H3. The first-order chi connectivity index (χ1) is 13.3. The third-order valence-electron chi connectivity index (χ3n) is 5.73. The Morgan fingerprint density at radius 3 is 2.15 bits per heavy atom. The van der Waals surface area contributed by atoms with Gasteiger partial charge in [0.25, 0.3) is 0 Å². The van der Waals surface area contributed by atoms with Gasteiger partial charge in [0.05, 0.1) is 11.2 Å². The lowest BCUT2D eigenvalue weighted by Gasteiger charge is -2.14. The van der Waals surface area contributed by atoms with Crippen LogP contribution in [0.25, 0.3) is 54.5 Å². The van der Waals surface area contributed by atoms with Gasteiger partial charge in [0.2, 0.25) is 0 Å². The Morgan fingerprint density at radius 2 is 1.30 bits per heavy atom. The van der Waals surface area contributed by atoms with Gasteiger partial charge in [-0.1, -0.05) is 72.8 Å². The number of rotatable bonds is 1. The predicted octanol–water partition coefficient (Wildman–Crippen LogP) is 7.11. The second kappa shape index (κ2) is 5.28. The molecule has 1 heteroatoms. The quantitative estimate of drug-likeness (QED) is 0.290. The fourth-order valence-electron chi connectivity index (χ4n) is 4.45. The molecule has 0 saturated heterocycles. The molecule has 0 atom stereocenters. The number of hydrogen-bond acceptors (Lipinski definition) is 1. The van der Waals surface area contributed by atoms with E-state index in [-0.39, 0.29) is 0 Å². The molecule has 27 heavy (non-hydrogen) atoms. The maximum absolute atomic E-state index is 4.99. The SMILES string of the molecule is Cc1cc(-c2ccc3ccc4cccc5ccc2c3c45)nc2ccccc12. The number of benzene rings is 5. The smallest absolute Gasteiger partial charge is 0.0718 e. The molecule has 0 spiro atoms. The summed E-state index contributed by atoms with van der Waals surface area (Å²) in [6, 6.07) is 30.5. The van der Waals surface area contributed by atoms with E-state index >= 15 is 0 Å². The van der Waals surface area contributed by atoms with Crippen LogP contribution in [0, 0.1) is 6.92 Å². The molecular weight excluding hydrogens is 326 g/mol. The van der Waals surface area contributed by atoms with Gasteiger partial charge in [-0.2, -0.15) is 0 Å². The minimum atomic E-state index is 1.05. The van der Waals surface area contributed by atoms with Crippen LogP contribution in [0.4, 0.5) is 0 Å². The van der Waals surface area contributed by atoms with Gasteiger partial charge in [-0.15, -0.1) is 0 Å². The maximum Gasteiger partial charge on any atom is 0.0718 e. The highest BCUT2D eigenvalue weighted by Crippen LogP contribution is 2.39. The zero-order valence-electron chi connectivity index (χ0n) is 15.0. The van der Waals surface area contributed by atoms with Crippen molar-refractivity contribution in [2.75, 3.05) is 0 Å². The average Bonchev–Trinajstić information content (AvgIpc) is 2.72. The summed E-state index contributed by atoms with van der Waals surface area (Å²) in [6.07, 6.45) is 0. The molecule has 1 aromatic heterocycles. The Morgan fingerprint density at radius 1 is 0.593 bits per heavy atom. The van der Waals surface area contributed by atoms with E-state index in [2.05, 4.69) is 91.9 Å². The predicted molar refractivity (Wildman–Crippen MR) is 116 cm³/mol. The van der Waals surface area contributed by atoms with Crippen LogP contribution in [-0.2, 0) is 0 Å². The monoisotopic (exact) mass is 343 g/mol. The lowest BCUT2D eigenvalue weighted by Crippen LogP contribution is -1.91. The van der Waals surface area contributed by atoms with Crippen LogP contribution in [0.5, 0.6) is 0 Å². The second-order valence-corrected chi connectivity index (χ2v) is 7.31. The van der Waals surface area contributed by atoms with Crippen molar-refractivity contribution in [3.63, 3.8) is 0 Å². The number of para-hydroxylation sites is 1. The molecule has 0 amide bonds. The number of hydrogen-bond donors (Lipinski definition) is 0. The Hall–Kier alpha value is -3.45. The molecule has 0 saturated carbocycles. The molecule has 6 rings (SSSR count). The van der Waals surface area contributed by atoms with Crippen LogP contribution in [-0.4, -0.2) is 4.98 Å². The molecule has 0 aliphatic carbocycles. The Bertz CT molecular complexity index is 1460. The lowest BCUT2D eigenvalue weighted by molar-refractivity contribution is 1.37. The molecule has 0 aliphatic rings. The van der Waals surface area contributed by atoms with E-state index in [4.69, 9.17) is 4.98 Å². The Balaban J connectivity index is 1.76. The fourth-order valence-corrected chi connectivity index (χ4v) is 4.45. The fraction of sp³-hybridized carbons (Fsp3) is 0.0385. The summed E-state index contributed by atoms with van der Waals surface area (Å²) in [5, 5.41) is 9.08. The maximum atomic E-state index is 4.99. The third kappa shape index (κ3) is 2.03. The first kappa shape index (κ1) is 14.7. The number of pyridine rings is 1. The highest BCUT2D eigenvalue weighted by molar-refractivity contribution is 6.25. The second-order valence-electron chi connectivity index (χ2n) is 7.31. The van der Waals surface area contributed by atoms with Gasteiger partial charge in [0.15, 0.2) is 0 Å². The molecule has 0 fully saturated rings. The summed E-state index contributed by atoms with van der Waals surface area (Å²) < 4.78 is 0. The summed E-state index contributed by atoms with van der Waals surface area (Å²) in [5.74, 6) is 0. The minimum absolute atomic E-state index is 1.05. The summed E-state index contributed by atoms with van der Waals surface area (Å²) in [6.45, 7) is 2.17. The van der Waals surface area contributed by atoms with Gasteiger partial charge in [0, 0.05) is 10.9 Å². The zero-order chi connectivity index (χ0) is 18.0. The first-order valence-corrected chi connectivity index (χ1v) is 9.33. The molecule has 6 aromatic rings. The van der Waals surface area contributed by atoms with Crippen LogP contribution in [0.3, 0.4) is 0 Å². The minimum Gasteiger partial charge on any atom is -0.248 e. The molecule has 0 N–H and O–H groups in total. The van der Waals surface area contributed by atoms with Crippen LogP contribution in [0.15, 0.2) is 84.9 Å². The topological polar surface area (TPSA) is 12.9 Å². The lowest BCUT2D eigenvalue weighted by atomic mass is 9.90. The highest BCUT2D eigenvalue weighted by Gasteiger charge is 2.13. The van der Waals surface area contributed by atoms with Crippen LogP contribution >= 0.6 is 0 Å². The number of aryl methyl sites for hydroxylation is 1. The normalized spacial score (nSPS) is 11.9. The van der Waals surface area contributed by atoms with Crippen LogP contribution in [0.2, 0.25) is 0 Å². The molecule has 5 aromatic carbocycles. The van der Waals surface area contributed by atoms with E-state index in [0.29, 0.717) is 0 Å². The van der Waals surface area contributed by atoms with E-state index in [1.807, 2.05) is 0 Å². The van der Waals surface area contributed by atoms with Gasteiger partial charge in [-0.3, -0.25) is 0 Å². The summed E-state index contributed by atoms with van der Waals surface area (Å²) in [7, 11) is 0. The molecule has 0 aliphatic heterocycles. The molecule has 0 bridgehead atoms. The molecule has 0 radical (unpaired) electrons. The van der Waals surface area contributed by atoms with Crippen LogP contribution < -0.4 is 0 Å². The van der Waals surface area contributed by atoms with Gasteiger partial charge in [-0.05, 0) is 56.9 Å². The van der Waals surface area contributed by atoms with E-state index in [0.717, 1.165) is 11.2 Å². The van der Waals surface area contributed by atoms with Crippen molar-refractivity contribution < 1.29 is 0 Å². The van der Waals surface area contributed by atoms with Crippen molar-refractivity contribution in [1.82, 2.24) is 4.98 Å². The van der Waals surface area contributed by atoms with Crippen molar-refractivity contribution >= 4 is 43.2 Å². The van der Waals surface area contributed by atoms with Crippen molar-refractivity contribution in [2.45, 2.75) is 6.92 Å². The van der Waals surface area contributed by atoms with Gasteiger partial charge >= 0.3 is 0 Å². The average molecular weight is 343 g/mol. The largest absolute Gasteiger partial charge is 0.248 e.